The van der Waals surface area contributed by atoms with E-state index in [9.17, 15) is 4.79 Å². The average Bonchev–Trinajstić information content (AvgIpc) is 3.40. The number of fused-ring (bicyclic) bond motifs is 1. The van der Waals surface area contributed by atoms with Crippen LogP contribution in [0.25, 0.3) is 10.9 Å². The number of carbonyl (C=O) groups excluding carboxylic acids is 1. The number of aryl methyl sites for hydroxylation is 3. The van der Waals surface area contributed by atoms with Gasteiger partial charge in [0.15, 0.2) is 0 Å². The van der Waals surface area contributed by atoms with Crippen LogP contribution in [0.5, 0.6) is 0 Å². The van der Waals surface area contributed by atoms with E-state index in [0.29, 0.717) is 10.8 Å². The summed E-state index contributed by atoms with van der Waals surface area (Å²) in [6.07, 6.45) is 3.00. The van der Waals surface area contributed by atoms with Gasteiger partial charge in [-0.1, -0.05) is 24.3 Å². The van der Waals surface area contributed by atoms with E-state index < -0.39 is 0 Å². The van der Waals surface area contributed by atoms with Gasteiger partial charge >= 0.3 is 0 Å². The van der Waals surface area contributed by atoms with Crippen LogP contribution in [0.4, 0.5) is 5.13 Å². The lowest BCUT2D eigenvalue weighted by molar-refractivity contribution is 0.101. The van der Waals surface area contributed by atoms with Crippen molar-refractivity contribution in [1.29, 1.82) is 0 Å². The zero-order valence-corrected chi connectivity index (χ0v) is 16.7. The lowest BCUT2D eigenvalue weighted by Crippen LogP contribution is -2.17. The molecule has 0 aliphatic carbocycles. The van der Waals surface area contributed by atoms with E-state index in [1.807, 2.05) is 6.92 Å². The van der Waals surface area contributed by atoms with Crippen LogP contribution in [0, 0.1) is 6.92 Å². The Labute approximate surface area is 162 Å². The van der Waals surface area contributed by atoms with Gasteiger partial charge in [-0.05, 0) is 56.4 Å². The highest BCUT2D eigenvalue weighted by Crippen LogP contribution is 2.33. The van der Waals surface area contributed by atoms with Crippen molar-refractivity contribution in [2.45, 2.75) is 52.7 Å². The summed E-state index contributed by atoms with van der Waals surface area (Å²) in [7, 11) is 0. The van der Waals surface area contributed by atoms with Gasteiger partial charge in [0.05, 0.1) is 0 Å². The highest BCUT2D eigenvalue weighted by molar-refractivity contribution is 7.15. The van der Waals surface area contributed by atoms with Crippen molar-refractivity contribution in [2.75, 3.05) is 11.9 Å². The van der Waals surface area contributed by atoms with E-state index in [4.69, 9.17) is 4.74 Å². The molecule has 1 atom stereocenters. The summed E-state index contributed by atoms with van der Waals surface area (Å²) in [4.78, 5) is 13.0. The summed E-state index contributed by atoms with van der Waals surface area (Å²) >= 11 is 1.40. The number of nitrogens with zero attached hydrogens (tertiary/aromatic N) is 3. The summed E-state index contributed by atoms with van der Waals surface area (Å²) in [6, 6.07) is 6.43. The lowest BCUT2D eigenvalue weighted by atomic mass is 10.1. The monoisotopic (exact) mass is 384 g/mol. The highest BCUT2D eigenvalue weighted by Gasteiger charge is 2.24. The SMILES string of the molecule is CCc1ccc2c(c1)c(C)c(C(=O)Nc1nnc(C3CCCO3)s1)n2CC. The average molecular weight is 385 g/mol. The van der Waals surface area contributed by atoms with Crippen LogP contribution in [0.1, 0.15) is 59.4 Å². The number of carbonyl (C=O) groups is 1. The molecule has 1 fully saturated rings. The molecule has 0 bridgehead atoms. The van der Waals surface area contributed by atoms with E-state index in [1.54, 1.807) is 0 Å². The van der Waals surface area contributed by atoms with Crippen LogP contribution in [-0.4, -0.2) is 27.3 Å². The number of anilines is 1. The third kappa shape index (κ3) is 3.26. The fraction of sp³-hybridized carbons (Fsp3) is 0.450. The topological polar surface area (TPSA) is 69.0 Å². The third-order valence-corrected chi connectivity index (χ3v) is 6.12. The first kappa shape index (κ1) is 18.1. The summed E-state index contributed by atoms with van der Waals surface area (Å²) < 4.78 is 7.72. The first-order valence-electron chi connectivity index (χ1n) is 9.50. The number of hydrogen-bond donors (Lipinski definition) is 1. The van der Waals surface area contributed by atoms with Crippen molar-refractivity contribution in [3.63, 3.8) is 0 Å². The van der Waals surface area contributed by atoms with Gasteiger partial charge in [0.1, 0.15) is 16.8 Å². The van der Waals surface area contributed by atoms with Gasteiger partial charge in [-0.25, -0.2) is 0 Å². The number of hydrogen-bond acceptors (Lipinski definition) is 5. The van der Waals surface area contributed by atoms with Crippen molar-refractivity contribution in [1.82, 2.24) is 14.8 Å². The molecule has 2 aromatic heterocycles. The van der Waals surface area contributed by atoms with Gasteiger partial charge in [-0.3, -0.25) is 10.1 Å². The molecule has 0 radical (unpaired) electrons. The van der Waals surface area contributed by atoms with Crippen molar-refractivity contribution >= 4 is 33.3 Å². The van der Waals surface area contributed by atoms with Crippen molar-refractivity contribution in [2.24, 2.45) is 0 Å². The normalized spacial score (nSPS) is 16.9. The second kappa shape index (κ2) is 7.40. The molecular formula is C20H24N4O2S. The molecule has 1 amide bonds. The Morgan fingerprint density at radius 3 is 2.93 bits per heavy atom. The predicted molar refractivity (Wildman–Crippen MR) is 108 cm³/mol. The smallest absolute Gasteiger partial charge is 0.274 e. The van der Waals surface area contributed by atoms with Crippen LogP contribution >= 0.6 is 11.3 Å². The molecule has 1 saturated heterocycles. The summed E-state index contributed by atoms with van der Waals surface area (Å²) in [5, 5.41) is 13.8. The quantitative estimate of drug-likeness (QED) is 0.704. The van der Waals surface area contributed by atoms with Gasteiger partial charge in [0.25, 0.3) is 5.91 Å². The van der Waals surface area contributed by atoms with Crippen LogP contribution in [-0.2, 0) is 17.7 Å². The van der Waals surface area contributed by atoms with Gasteiger partial charge in [0.2, 0.25) is 5.13 Å². The molecule has 4 rings (SSSR count). The number of aromatic nitrogens is 3. The molecule has 142 valence electrons. The molecule has 7 heteroatoms. The lowest BCUT2D eigenvalue weighted by Gasteiger charge is -2.08. The first-order valence-corrected chi connectivity index (χ1v) is 10.3. The maximum atomic E-state index is 13.0. The van der Waals surface area contributed by atoms with E-state index in [1.165, 1.54) is 16.9 Å². The van der Waals surface area contributed by atoms with E-state index in [0.717, 1.165) is 53.9 Å². The largest absolute Gasteiger partial charge is 0.371 e. The zero-order valence-electron chi connectivity index (χ0n) is 15.9. The molecule has 1 unspecified atom stereocenters. The molecule has 27 heavy (non-hydrogen) atoms. The Kier molecular flexibility index (Phi) is 4.97. The number of amides is 1. The maximum absolute atomic E-state index is 13.0. The Bertz CT molecular complexity index is 985. The van der Waals surface area contributed by atoms with Gasteiger partial charge in [-0.15, -0.1) is 10.2 Å². The minimum absolute atomic E-state index is 0.0180. The fourth-order valence-electron chi connectivity index (χ4n) is 3.75. The number of rotatable bonds is 5. The molecule has 6 nitrogen and oxygen atoms in total. The molecular weight excluding hydrogens is 360 g/mol. The molecule has 3 heterocycles. The summed E-state index contributed by atoms with van der Waals surface area (Å²) in [5.41, 5.74) is 4.06. The molecule has 0 spiro atoms. The van der Waals surface area contributed by atoms with E-state index >= 15 is 0 Å². The fourth-order valence-corrected chi connectivity index (χ4v) is 4.58. The second-order valence-corrected chi connectivity index (χ2v) is 7.83. The van der Waals surface area contributed by atoms with Crippen LogP contribution in [0.15, 0.2) is 18.2 Å². The minimum atomic E-state index is -0.140. The molecule has 1 aliphatic rings. The van der Waals surface area contributed by atoms with Gasteiger partial charge < -0.3 is 9.30 Å². The molecule has 1 aliphatic heterocycles. The van der Waals surface area contributed by atoms with Crippen molar-refractivity contribution < 1.29 is 9.53 Å². The van der Waals surface area contributed by atoms with Crippen molar-refractivity contribution in [3.8, 4) is 0 Å². The maximum Gasteiger partial charge on any atom is 0.274 e. The van der Waals surface area contributed by atoms with Crippen molar-refractivity contribution in [3.05, 3.63) is 40.0 Å². The molecule has 1 aromatic carbocycles. The standard InChI is InChI=1S/C20H24N4O2S/c1-4-13-8-9-15-14(11-13)12(3)17(24(15)5-2)18(25)21-20-23-22-19(27-20)16-7-6-10-26-16/h8-9,11,16H,4-7,10H2,1-3H3,(H,21,23,25). The Balaban J connectivity index is 1.65. The molecule has 1 N–H and O–H groups in total. The van der Waals surface area contributed by atoms with Crippen LogP contribution in [0.2, 0.25) is 0 Å². The predicted octanol–water partition coefficient (Wildman–Crippen LogP) is 4.49. The Morgan fingerprint density at radius 1 is 1.37 bits per heavy atom. The number of nitrogens with one attached hydrogen (secondary N) is 1. The number of benzene rings is 1. The number of ether oxygens (including phenoxy) is 1. The van der Waals surface area contributed by atoms with Gasteiger partial charge in [-0.2, -0.15) is 0 Å². The third-order valence-electron chi connectivity index (χ3n) is 5.19. The Hall–Kier alpha value is -2.25. The summed E-state index contributed by atoms with van der Waals surface area (Å²) in [5.74, 6) is -0.140. The Morgan fingerprint density at radius 2 is 2.22 bits per heavy atom. The van der Waals surface area contributed by atoms with Crippen LogP contribution in [0.3, 0.4) is 0 Å². The summed E-state index contributed by atoms with van der Waals surface area (Å²) in [6.45, 7) is 7.71. The molecule has 0 saturated carbocycles. The van der Waals surface area contributed by atoms with E-state index in [2.05, 4.69) is 52.1 Å². The second-order valence-electron chi connectivity index (χ2n) is 6.82. The van der Waals surface area contributed by atoms with Crippen LogP contribution < -0.4 is 5.32 Å². The first-order chi connectivity index (χ1) is 13.1. The van der Waals surface area contributed by atoms with Gasteiger partial charge in [0, 0.05) is 24.1 Å². The zero-order chi connectivity index (χ0) is 19.0. The molecule has 3 aromatic rings. The highest BCUT2D eigenvalue weighted by atomic mass is 32.1. The van der Waals surface area contributed by atoms with E-state index in [-0.39, 0.29) is 12.0 Å². The minimum Gasteiger partial charge on any atom is -0.371 e.